The lowest BCUT2D eigenvalue weighted by atomic mass is 10.1. The molecule has 1 saturated heterocycles. The molecule has 1 aromatic heterocycles. The fraction of sp³-hybridized carbons (Fsp3) is 0.600. The zero-order valence-electron chi connectivity index (χ0n) is 14.1. The summed E-state index contributed by atoms with van der Waals surface area (Å²) in [5.41, 5.74) is 0. The molecule has 1 aliphatic heterocycles. The smallest absolute Gasteiger partial charge is 0.409 e. The molecule has 1 fully saturated rings. The van der Waals surface area contributed by atoms with Crippen molar-refractivity contribution in [3.8, 4) is 0 Å². The summed E-state index contributed by atoms with van der Waals surface area (Å²) in [6, 6.07) is 3.17. The van der Waals surface area contributed by atoms with Crippen LogP contribution in [0.4, 0.5) is 4.79 Å². The van der Waals surface area contributed by atoms with E-state index in [-0.39, 0.29) is 35.2 Å². The van der Waals surface area contributed by atoms with E-state index >= 15 is 0 Å². The van der Waals surface area contributed by atoms with Gasteiger partial charge < -0.3 is 15.0 Å². The van der Waals surface area contributed by atoms with Gasteiger partial charge in [-0.25, -0.2) is 17.9 Å². The van der Waals surface area contributed by atoms with E-state index < -0.39 is 10.0 Å². The molecule has 1 aliphatic rings. The molecule has 0 radical (unpaired) electrons. The van der Waals surface area contributed by atoms with Crippen LogP contribution in [0.25, 0.3) is 0 Å². The van der Waals surface area contributed by atoms with Crippen molar-refractivity contribution in [2.75, 3.05) is 26.2 Å². The number of piperidine rings is 1. The van der Waals surface area contributed by atoms with E-state index in [2.05, 4.69) is 10.0 Å². The van der Waals surface area contributed by atoms with Gasteiger partial charge in [-0.1, -0.05) is 6.07 Å². The lowest BCUT2D eigenvalue weighted by Crippen LogP contribution is -2.47. The molecule has 0 aliphatic carbocycles. The lowest BCUT2D eigenvalue weighted by molar-refractivity contribution is -0.121. The van der Waals surface area contributed by atoms with Gasteiger partial charge in [0.25, 0.3) is 0 Å². The van der Waals surface area contributed by atoms with Crippen molar-refractivity contribution in [1.29, 1.82) is 0 Å². The number of nitrogens with one attached hydrogen (secondary N) is 2. The number of carbonyl (C=O) groups excluding carboxylic acids is 2. The fourth-order valence-corrected chi connectivity index (χ4v) is 4.58. The Kier molecular flexibility index (Phi) is 7.21. The second-order valence-corrected chi connectivity index (χ2v) is 8.55. The predicted molar refractivity (Wildman–Crippen MR) is 93.9 cm³/mol. The quantitative estimate of drug-likeness (QED) is 0.728. The molecule has 140 valence electrons. The number of carbonyl (C=O) groups is 2. The Morgan fingerprint density at radius 1 is 1.36 bits per heavy atom. The van der Waals surface area contributed by atoms with Crippen LogP contribution in [0.5, 0.6) is 0 Å². The van der Waals surface area contributed by atoms with Crippen LogP contribution < -0.4 is 10.0 Å². The van der Waals surface area contributed by atoms with E-state index in [0.717, 1.165) is 11.3 Å². The molecule has 2 amide bonds. The van der Waals surface area contributed by atoms with Crippen LogP contribution in [-0.4, -0.2) is 57.6 Å². The van der Waals surface area contributed by atoms with Crippen molar-refractivity contribution < 1.29 is 22.7 Å². The van der Waals surface area contributed by atoms with Gasteiger partial charge in [-0.05, 0) is 31.2 Å². The Morgan fingerprint density at radius 3 is 2.68 bits per heavy atom. The Bertz CT molecular complexity index is 667. The highest BCUT2D eigenvalue weighted by Crippen LogP contribution is 2.15. The first-order valence-corrected chi connectivity index (χ1v) is 10.5. The third kappa shape index (κ3) is 5.98. The average molecular weight is 389 g/mol. The largest absolute Gasteiger partial charge is 0.450 e. The number of nitrogens with zero attached hydrogens (tertiary/aromatic N) is 1. The first-order valence-electron chi connectivity index (χ1n) is 8.16. The minimum absolute atomic E-state index is 0.00733. The van der Waals surface area contributed by atoms with Crippen molar-refractivity contribution >= 4 is 33.4 Å². The molecule has 2 rings (SSSR count). The van der Waals surface area contributed by atoms with E-state index in [1.165, 1.54) is 6.07 Å². The molecule has 25 heavy (non-hydrogen) atoms. The SMILES string of the molecule is CCOC(=O)N1CCC(NC(=O)CCNS(=O)(=O)c2cccs2)CC1. The summed E-state index contributed by atoms with van der Waals surface area (Å²) < 4.78 is 31.5. The predicted octanol–water partition coefficient (Wildman–Crippen LogP) is 1.15. The molecule has 0 aromatic carbocycles. The molecule has 2 N–H and O–H groups in total. The number of thiophene rings is 1. The second kappa shape index (κ2) is 9.16. The topological polar surface area (TPSA) is 105 Å². The van der Waals surface area contributed by atoms with Gasteiger partial charge in [-0.2, -0.15) is 0 Å². The van der Waals surface area contributed by atoms with Crippen molar-refractivity contribution in [1.82, 2.24) is 14.9 Å². The molecule has 0 spiro atoms. The molecule has 2 heterocycles. The monoisotopic (exact) mass is 389 g/mol. The number of sulfonamides is 1. The third-order valence-corrected chi connectivity index (χ3v) is 6.65. The molecule has 0 atom stereocenters. The highest BCUT2D eigenvalue weighted by Gasteiger charge is 2.24. The van der Waals surface area contributed by atoms with Crippen LogP contribution in [0.2, 0.25) is 0 Å². The summed E-state index contributed by atoms with van der Waals surface area (Å²) >= 11 is 1.13. The molecule has 1 aromatic rings. The van der Waals surface area contributed by atoms with E-state index in [0.29, 0.717) is 32.5 Å². The van der Waals surface area contributed by atoms with E-state index in [9.17, 15) is 18.0 Å². The Morgan fingerprint density at radius 2 is 2.08 bits per heavy atom. The summed E-state index contributed by atoms with van der Waals surface area (Å²) in [5, 5.41) is 4.57. The highest BCUT2D eigenvalue weighted by atomic mass is 32.2. The number of likely N-dealkylation sites (tertiary alicyclic amines) is 1. The zero-order valence-corrected chi connectivity index (χ0v) is 15.7. The van der Waals surface area contributed by atoms with Crippen LogP contribution in [0.15, 0.2) is 21.7 Å². The molecule has 10 heteroatoms. The molecule has 0 bridgehead atoms. The Hall–Kier alpha value is -1.65. The summed E-state index contributed by atoms with van der Waals surface area (Å²) in [4.78, 5) is 25.2. The molecule has 0 unspecified atom stereocenters. The van der Waals surface area contributed by atoms with Crippen molar-refractivity contribution in [3.05, 3.63) is 17.5 Å². The van der Waals surface area contributed by atoms with Crippen molar-refractivity contribution in [2.45, 2.75) is 36.4 Å². The number of rotatable bonds is 7. The fourth-order valence-electron chi connectivity index (χ4n) is 2.51. The number of hydrogen-bond donors (Lipinski definition) is 2. The number of hydrogen-bond acceptors (Lipinski definition) is 6. The Labute approximate surface area is 151 Å². The van der Waals surface area contributed by atoms with Crippen LogP contribution in [0.1, 0.15) is 26.2 Å². The van der Waals surface area contributed by atoms with E-state index in [1.807, 2.05) is 0 Å². The first kappa shape index (κ1) is 19.7. The molecule has 8 nitrogen and oxygen atoms in total. The van der Waals surface area contributed by atoms with Gasteiger partial charge in [0.2, 0.25) is 15.9 Å². The number of ether oxygens (including phenoxy) is 1. The van der Waals surface area contributed by atoms with Crippen molar-refractivity contribution in [3.63, 3.8) is 0 Å². The second-order valence-electron chi connectivity index (χ2n) is 5.61. The minimum Gasteiger partial charge on any atom is -0.450 e. The normalized spacial score (nSPS) is 15.8. The minimum atomic E-state index is -3.54. The average Bonchev–Trinajstić information content (AvgIpc) is 3.11. The van der Waals surface area contributed by atoms with Crippen LogP contribution in [0.3, 0.4) is 0 Å². The van der Waals surface area contributed by atoms with Gasteiger partial charge in [0.1, 0.15) is 4.21 Å². The number of amides is 2. The lowest BCUT2D eigenvalue weighted by Gasteiger charge is -2.31. The van der Waals surface area contributed by atoms with Gasteiger partial charge in [0.05, 0.1) is 6.61 Å². The molecular formula is C15H23N3O5S2. The first-order chi connectivity index (χ1) is 11.9. The van der Waals surface area contributed by atoms with Gasteiger partial charge in [-0.3, -0.25) is 4.79 Å². The van der Waals surface area contributed by atoms with Gasteiger partial charge in [-0.15, -0.1) is 11.3 Å². The zero-order chi connectivity index (χ0) is 18.3. The van der Waals surface area contributed by atoms with Gasteiger partial charge in [0.15, 0.2) is 0 Å². The van der Waals surface area contributed by atoms with Crippen LogP contribution >= 0.6 is 11.3 Å². The van der Waals surface area contributed by atoms with E-state index in [4.69, 9.17) is 4.74 Å². The summed E-state index contributed by atoms with van der Waals surface area (Å²) in [7, 11) is -3.54. The van der Waals surface area contributed by atoms with Gasteiger partial charge >= 0.3 is 6.09 Å². The maximum atomic E-state index is 12.0. The Balaban J connectivity index is 1.67. The highest BCUT2D eigenvalue weighted by molar-refractivity contribution is 7.91. The summed E-state index contributed by atoms with van der Waals surface area (Å²) in [5.74, 6) is -0.205. The molecular weight excluding hydrogens is 366 g/mol. The van der Waals surface area contributed by atoms with Crippen molar-refractivity contribution in [2.24, 2.45) is 0 Å². The summed E-state index contributed by atoms with van der Waals surface area (Å²) in [6.07, 6.45) is 1.06. The summed E-state index contributed by atoms with van der Waals surface area (Å²) in [6.45, 7) is 3.23. The maximum Gasteiger partial charge on any atom is 0.409 e. The molecule has 0 saturated carbocycles. The van der Waals surface area contributed by atoms with E-state index in [1.54, 1.807) is 23.3 Å². The third-order valence-electron chi connectivity index (χ3n) is 3.79. The van der Waals surface area contributed by atoms with Gasteiger partial charge in [0, 0.05) is 32.1 Å². The standard InChI is InChI=1S/C15H23N3O5S2/c1-2-23-15(20)18-9-6-12(7-10-18)17-13(19)5-8-16-25(21,22)14-4-3-11-24-14/h3-4,11-12,16H,2,5-10H2,1H3,(H,17,19). The van der Waals surface area contributed by atoms with Crippen LogP contribution in [-0.2, 0) is 19.6 Å². The maximum absolute atomic E-state index is 12.0. The van der Waals surface area contributed by atoms with Crippen LogP contribution in [0, 0.1) is 0 Å².